The van der Waals surface area contributed by atoms with Crippen molar-refractivity contribution in [3.05, 3.63) is 54.5 Å². The molecule has 3 heterocycles. The molecule has 28 heavy (non-hydrogen) atoms. The van der Waals surface area contributed by atoms with Crippen molar-refractivity contribution in [2.24, 2.45) is 5.92 Å². The Morgan fingerprint density at radius 1 is 1.14 bits per heavy atom. The molecule has 3 aromatic heterocycles. The van der Waals surface area contributed by atoms with Gasteiger partial charge in [-0.15, -0.1) is 17.3 Å². The molecular formula is C23H25IrN2OSi-. The van der Waals surface area contributed by atoms with Gasteiger partial charge in [-0.25, -0.2) is 0 Å². The number of fused-ring (bicyclic) bond motifs is 3. The fraction of sp³-hybridized carbons (Fsp3) is 0.304. The second kappa shape index (κ2) is 7.90. The number of furan rings is 1. The monoisotopic (exact) mass is 566 g/mol. The molecule has 0 N–H and O–H groups in total. The maximum atomic E-state index is 6.31. The number of benzene rings is 1. The van der Waals surface area contributed by atoms with Crippen LogP contribution in [0.3, 0.4) is 0 Å². The minimum absolute atomic E-state index is 0. The zero-order valence-electron chi connectivity index (χ0n) is 17.0. The minimum atomic E-state index is -1.57. The molecule has 0 aliphatic heterocycles. The first-order valence-corrected chi connectivity index (χ1v) is 13.0. The summed E-state index contributed by atoms with van der Waals surface area (Å²) < 4.78 is 6.31. The molecule has 147 valence electrons. The second-order valence-electron chi connectivity index (χ2n) is 8.65. The van der Waals surface area contributed by atoms with E-state index >= 15 is 0 Å². The van der Waals surface area contributed by atoms with Crippen LogP contribution in [0.4, 0.5) is 0 Å². The molecule has 1 radical (unpaired) electrons. The summed E-state index contributed by atoms with van der Waals surface area (Å²) in [7, 11) is -1.57. The van der Waals surface area contributed by atoms with Gasteiger partial charge in [-0.3, -0.25) is 4.98 Å². The Kier molecular flexibility index (Phi) is 5.90. The van der Waals surface area contributed by atoms with Crippen LogP contribution < -0.4 is 5.19 Å². The van der Waals surface area contributed by atoms with Gasteiger partial charge in [0.05, 0.1) is 5.58 Å². The van der Waals surface area contributed by atoms with E-state index in [-0.39, 0.29) is 20.1 Å². The van der Waals surface area contributed by atoms with Gasteiger partial charge in [0.15, 0.2) is 0 Å². The molecule has 4 aromatic rings. The third kappa shape index (κ3) is 3.84. The third-order valence-corrected chi connectivity index (χ3v) is 6.89. The van der Waals surface area contributed by atoms with Crippen molar-refractivity contribution in [1.29, 1.82) is 0 Å². The molecule has 0 atom stereocenters. The van der Waals surface area contributed by atoms with Crippen molar-refractivity contribution >= 4 is 35.2 Å². The first kappa shape index (κ1) is 20.9. The average Bonchev–Trinajstić information content (AvgIpc) is 2.99. The predicted octanol–water partition coefficient (Wildman–Crippen LogP) is 5.58. The van der Waals surface area contributed by atoms with Crippen molar-refractivity contribution in [3.63, 3.8) is 0 Å². The van der Waals surface area contributed by atoms with Crippen molar-refractivity contribution in [1.82, 2.24) is 9.97 Å². The van der Waals surface area contributed by atoms with Crippen LogP contribution in [0.5, 0.6) is 0 Å². The van der Waals surface area contributed by atoms with E-state index in [1.165, 1.54) is 16.1 Å². The van der Waals surface area contributed by atoms with Crippen LogP contribution in [0.2, 0.25) is 19.6 Å². The first-order valence-electron chi connectivity index (χ1n) is 9.51. The van der Waals surface area contributed by atoms with E-state index in [9.17, 15) is 0 Å². The van der Waals surface area contributed by atoms with Crippen molar-refractivity contribution in [2.75, 3.05) is 0 Å². The van der Waals surface area contributed by atoms with Crippen molar-refractivity contribution < 1.29 is 24.5 Å². The fourth-order valence-electron chi connectivity index (χ4n) is 3.66. The summed E-state index contributed by atoms with van der Waals surface area (Å²) in [5.74, 6) is 0.607. The fourth-order valence-corrected chi connectivity index (χ4v) is 5.16. The summed E-state index contributed by atoms with van der Waals surface area (Å²) in [6, 6.07) is 11.9. The van der Waals surface area contributed by atoms with Crippen LogP contribution >= 0.6 is 0 Å². The zero-order chi connectivity index (χ0) is 19.2. The summed E-state index contributed by atoms with van der Waals surface area (Å²) in [5, 5.41) is 3.62. The summed E-state index contributed by atoms with van der Waals surface area (Å²) in [4.78, 5) is 8.97. The Morgan fingerprint density at radius 2 is 1.93 bits per heavy atom. The van der Waals surface area contributed by atoms with Gasteiger partial charge in [-0.1, -0.05) is 56.1 Å². The van der Waals surface area contributed by atoms with Crippen molar-refractivity contribution in [2.45, 2.75) is 39.9 Å². The first-order chi connectivity index (χ1) is 12.8. The third-order valence-electron chi connectivity index (χ3n) is 4.88. The maximum Gasteiger partial charge on any atom is 0.124 e. The molecule has 0 aliphatic carbocycles. The number of hydrogen-bond acceptors (Lipinski definition) is 3. The Morgan fingerprint density at radius 3 is 2.64 bits per heavy atom. The van der Waals surface area contributed by atoms with Crippen LogP contribution in [0.1, 0.15) is 19.4 Å². The number of nitrogens with zero attached hydrogens (tertiary/aromatic N) is 2. The van der Waals surface area contributed by atoms with E-state index in [0.29, 0.717) is 5.92 Å². The Labute approximate surface area is 180 Å². The normalized spacial score (nSPS) is 11.9. The van der Waals surface area contributed by atoms with Crippen LogP contribution in [-0.2, 0) is 26.5 Å². The molecule has 0 saturated carbocycles. The number of rotatable bonds is 4. The van der Waals surface area contributed by atoms with Gasteiger partial charge >= 0.3 is 0 Å². The van der Waals surface area contributed by atoms with Crippen molar-refractivity contribution in [3.8, 4) is 11.3 Å². The van der Waals surface area contributed by atoms with E-state index in [1.807, 2.05) is 18.5 Å². The summed E-state index contributed by atoms with van der Waals surface area (Å²) in [6.07, 6.45) is 6.63. The summed E-state index contributed by atoms with van der Waals surface area (Å²) in [5.41, 5.74) is 4.91. The van der Waals surface area contributed by atoms with E-state index in [2.05, 4.69) is 67.7 Å². The van der Waals surface area contributed by atoms with Gasteiger partial charge in [-0.05, 0) is 30.2 Å². The topological polar surface area (TPSA) is 38.9 Å². The van der Waals surface area contributed by atoms with Gasteiger partial charge in [0.2, 0.25) is 0 Å². The molecule has 3 nitrogen and oxygen atoms in total. The van der Waals surface area contributed by atoms with E-state index < -0.39 is 8.07 Å². The average molecular weight is 566 g/mol. The smallest absolute Gasteiger partial charge is 0.124 e. The Hall–Kier alpha value is -1.81. The molecule has 4 rings (SSSR count). The summed E-state index contributed by atoms with van der Waals surface area (Å²) in [6.45, 7) is 11.5. The molecule has 0 unspecified atom stereocenters. The van der Waals surface area contributed by atoms with Crippen LogP contribution in [0.15, 0.2) is 47.3 Å². The maximum absolute atomic E-state index is 6.31. The molecule has 0 bridgehead atoms. The number of pyridine rings is 2. The van der Waals surface area contributed by atoms with Gasteiger partial charge in [0, 0.05) is 52.2 Å². The SMILES string of the molecule is CC(C)Cc1ccnc(-c2[c-]cc([Si](C)(C)C)c3c2oc2ccncc23)c1.[Ir]. The molecule has 0 saturated heterocycles. The van der Waals surface area contributed by atoms with Crippen LogP contribution in [-0.4, -0.2) is 18.0 Å². The van der Waals surface area contributed by atoms with E-state index in [4.69, 9.17) is 4.42 Å². The zero-order valence-corrected chi connectivity index (χ0v) is 20.4. The number of hydrogen-bond donors (Lipinski definition) is 0. The molecule has 0 amide bonds. The quantitative estimate of drug-likeness (QED) is 0.239. The second-order valence-corrected chi connectivity index (χ2v) is 13.7. The van der Waals surface area contributed by atoms with E-state index in [0.717, 1.165) is 34.2 Å². The molecule has 0 aliphatic rings. The molecular weight excluding hydrogens is 541 g/mol. The molecule has 0 fully saturated rings. The van der Waals surface area contributed by atoms with Gasteiger partial charge < -0.3 is 9.40 Å². The Balaban J connectivity index is 0.00000225. The minimum Gasteiger partial charge on any atom is -0.500 e. The molecule has 1 aromatic carbocycles. The van der Waals surface area contributed by atoms with Crippen LogP contribution in [0.25, 0.3) is 33.2 Å². The van der Waals surface area contributed by atoms with Crippen LogP contribution in [0, 0.1) is 12.0 Å². The predicted molar refractivity (Wildman–Crippen MR) is 115 cm³/mol. The van der Waals surface area contributed by atoms with Gasteiger partial charge in [-0.2, -0.15) is 0 Å². The van der Waals surface area contributed by atoms with Gasteiger partial charge in [0.25, 0.3) is 0 Å². The Bertz CT molecular complexity index is 1130. The largest absolute Gasteiger partial charge is 0.500 e. The summed E-state index contributed by atoms with van der Waals surface area (Å²) >= 11 is 0. The molecule has 5 heteroatoms. The standard InChI is InChI=1S/C23H25N2OSi.Ir/c1-15(2)12-16-8-11-25-19(13-16)17-6-7-21(27(3,4)5)22-18-14-24-10-9-20(18)26-23(17)22;/h7-11,13-15H,12H2,1-5H3;/q-1;. The number of aromatic nitrogens is 2. The molecule has 0 spiro atoms. The van der Waals surface area contributed by atoms with Gasteiger partial charge in [0.1, 0.15) is 5.58 Å². The van der Waals surface area contributed by atoms with E-state index in [1.54, 1.807) is 6.20 Å².